The van der Waals surface area contributed by atoms with Gasteiger partial charge in [0, 0.05) is 29.9 Å². The number of nitrogens with one attached hydrogen (secondary N) is 2. The van der Waals surface area contributed by atoms with Crippen molar-refractivity contribution in [2.45, 2.75) is 45.5 Å². The van der Waals surface area contributed by atoms with Crippen molar-refractivity contribution in [1.29, 1.82) is 5.26 Å². The Morgan fingerprint density at radius 3 is 2.62 bits per heavy atom. The van der Waals surface area contributed by atoms with E-state index in [0.29, 0.717) is 28.1 Å². The summed E-state index contributed by atoms with van der Waals surface area (Å²) in [6.45, 7) is 6.19. The minimum atomic E-state index is -1.62. The number of hydrogen-bond donors (Lipinski definition) is 3. The van der Waals surface area contributed by atoms with Crippen molar-refractivity contribution in [3.63, 3.8) is 0 Å². The number of nitrogens with zero attached hydrogens (tertiary/aromatic N) is 5. The molecular formula is C21H25ClFN7O2. The second-order valence-corrected chi connectivity index (χ2v) is 8.02. The number of fused-ring (bicyclic) bond motifs is 1. The van der Waals surface area contributed by atoms with E-state index >= 15 is 0 Å². The van der Waals surface area contributed by atoms with E-state index in [4.69, 9.17) is 5.26 Å². The van der Waals surface area contributed by atoms with E-state index in [0.717, 1.165) is 0 Å². The van der Waals surface area contributed by atoms with Gasteiger partial charge in [-0.3, -0.25) is 4.79 Å². The zero-order valence-corrected chi connectivity index (χ0v) is 18.9. The average molecular weight is 462 g/mol. The summed E-state index contributed by atoms with van der Waals surface area (Å²) in [4.78, 5) is 21.3. The number of amides is 1. The molecule has 0 saturated heterocycles. The smallest absolute Gasteiger partial charge is 0.255 e. The molecule has 3 N–H and O–H groups in total. The summed E-state index contributed by atoms with van der Waals surface area (Å²) in [5, 5.41) is 29.4. The minimum Gasteiger partial charge on any atom is -0.387 e. The van der Waals surface area contributed by atoms with Gasteiger partial charge in [0.2, 0.25) is 0 Å². The predicted octanol–water partition coefficient (Wildman–Crippen LogP) is 2.77. The van der Waals surface area contributed by atoms with Gasteiger partial charge in [-0.2, -0.15) is 15.0 Å². The molecule has 0 spiro atoms. The van der Waals surface area contributed by atoms with Gasteiger partial charge in [0.1, 0.15) is 12.2 Å². The van der Waals surface area contributed by atoms with Crippen LogP contribution in [0.25, 0.3) is 16.9 Å². The van der Waals surface area contributed by atoms with E-state index in [1.807, 2.05) is 19.9 Å². The van der Waals surface area contributed by atoms with Gasteiger partial charge in [-0.25, -0.2) is 14.4 Å². The Balaban J connectivity index is 0.00000363. The van der Waals surface area contributed by atoms with Crippen molar-refractivity contribution in [3.05, 3.63) is 41.9 Å². The molecule has 170 valence electrons. The number of aromatic nitrogens is 4. The van der Waals surface area contributed by atoms with Crippen molar-refractivity contribution >= 4 is 35.0 Å². The normalized spacial score (nSPS) is 12.2. The van der Waals surface area contributed by atoms with Crippen molar-refractivity contribution < 1.29 is 14.3 Å². The van der Waals surface area contributed by atoms with Gasteiger partial charge in [-0.1, -0.05) is 0 Å². The highest BCUT2D eigenvalue weighted by Gasteiger charge is 2.27. The number of nitriles is 1. The average Bonchev–Trinajstić information content (AvgIpc) is 3.13. The maximum atomic E-state index is 14.0. The van der Waals surface area contributed by atoms with Crippen molar-refractivity contribution in [2.24, 2.45) is 0 Å². The Morgan fingerprint density at radius 2 is 2.00 bits per heavy atom. The number of alkyl halides is 1. The summed E-state index contributed by atoms with van der Waals surface area (Å²) in [6.07, 6.45) is 2.79. The highest BCUT2D eigenvalue weighted by atomic mass is 35.5. The second kappa shape index (κ2) is 9.89. The fraction of sp³-hybridized carbons (Fsp3) is 0.381. The van der Waals surface area contributed by atoms with Crippen LogP contribution >= 0.6 is 12.4 Å². The molecule has 32 heavy (non-hydrogen) atoms. The van der Waals surface area contributed by atoms with Crippen LogP contribution in [0.3, 0.4) is 0 Å². The van der Waals surface area contributed by atoms with Crippen LogP contribution in [-0.2, 0) is 0 Å². The molecule has 0 unspecified atom stereocenters. The SMILES string of the molecule is CC(C)Nc1cc(-n2ncc3cc(C#N)cnc32)ncc1C(=O)NC[C@@H](F)C(C)(C)O.Cl. The van der Waals surface area contributed by atoms with Gasteiger partial charge in [0.15, 0.2) is 11.5 Å². The number of halogens is 2. The lowest BCUT2D eigenvalue weighted by atomic mass is 10.0. The monoisotopic (exact) mass is 461 g/mol. The lowest BCUT2D eigenvalue weighted by Gasteiger charge is -2.23. The summed E-state index contributed by atoms with van der Waals surface area (Å²) in [7, 11) is 0. The fourth-order valence-electron chi connectivity index (χ4n) is 2.85. The van der Waals surface area contributed by atoms with Crippen molar-refractivity contribution in [2.75, 3.05) is 11.9 Å². The Labute approximate surface area is 191 Å². The van der Waals surface area contributed by atoms with E-state index in [-0.39, 0.29) is 30.6 Å². The third-order valence-corrected chi connectivity index (χ3v) is 4.54. The quantitative estimate of drug-likeness (QED) is 0.493. The lowest BCUT2D eigenvalue weighted by molar-refractivity contribution is -0.00177. The van der Waals surface area contributed by atoms with E-state index in [2.05, 4.69) is 25.7 Å². The Morgan fingerprint density at radius 1 is 1.28 bits per heavy atom. The molecule has 1 amide bonds. The topological polar surface area (TPSA) is 129 Å². The highest BCUT2D eigenvalue weighted by molar-refractivity contribution is 5.99. The molecule has 0 aliphatic heterocycles. The van der Waals surface area contributed by atoms with E-state index < -0.39 is 17.7 Å². The molecule has 0 fully saturated rings. The van der Waals surface area contributed by atoms with Crippen LogP contribution in [0.2, 0.25) is 0 Å². The van der Waals surface area contributed by atoms with Gasteiger partial charge < -0.3 is 15.7 Å². The van der Waals surface area contributed by atoms with E-state index in [1.165, 1.54) is 30.9 Å². The fourth-order valence-corrected chi connectivity index (χ4v) is 2.85. The molecule has 0 aromatic carbocycles. The van der Waals surface area contributed by atoms with Gasteiger partial charge in [0.25, 0.3) is 5.91 Å². The van der Waals surface area contributed by atoms with Gasteiger partial charge >= 0.3 is 0 Å². The first kappa shape index (κ1) is 25.0. The number of aliphatic hydroxyl groups is 1. The summed E-state index contributed by atoms with van der Waals surface area (Å²) in [6, 6.07) is 5.38. The van der Waals surface area contributed by atoms with Crippen LogP contribution in [0.15, 0.2) is 30.7 Å². The van der Waals surface area contributed by atoms with Crippen LogP contribution in [0, 0.1) is 11.3 Å². The zero-order valence-electron chi connectivity index (χ0n) is 18.1. The standard InChI is InChI=1S/C21H24FN7O2.ClH/c1-12(2)28-16-6-18(29-19-14(9-27-29)5-13(7-23)8-25-19)24-10-15(16)20(30)26-11-17(22)21(3,4)31;/h5-6,8-10,12,17,31H,11H2,1-4H3,(H,24,28)(H,26,30);1H/t17-;/m1./s1. The van der Waals surface area contributed by atoms with Crippen molar-refractivity contribution in [1.82, 2.24) is 25.1 Å². The highest BCUT2D eigenvalue weighted by Crippen LogP contribution is 2.22. The summed E-state index contributed by atoms with van der Waals surface area (Å²) >= 11 is 0. The second-order valence-electron chi connectivity index (χ2n) is 8.02. The predicted molar refractivity (Wildman–Crippen MR) is 121 cm³/mol. The number of pyridine rings is 2. The minimum absolute atomic E-state index is 0. The summed E-state index contributed by atoms with van der Waals surface area (Å²) in [5.41, 5.74) is 0.106. The molecule has 11 heteroatoms. The van der Waals surface area contributed by atoms with Gasteiger partial charge in [0.05, 0.1) is 35.2 Å². The number of hydrogen-bond acceptors (Lipinski definition) is 7. The number of carbonyl (C=O) groups excluding carboxylic acids is 1. The van der Waals surface area contributed by atoms with Crippen LogP contribution in [0.1, 0.15) is 43.6 Å². The lowest BCUT2D eigenvalue weighted by Crippen LogP contribution is -2.42. The van der Waals surface area contributed by atoms with Crippen LogP contribution in [0.4, 0.5) is 10.1 Å². The molecule has 3 aromatic rings. The first-order chi connectivity index (χ1) is 14.6. The molecule has 1 atom stereocenters. The third kappa shape index (κ3) is 5.49. The van der Waals surface area contributed by atoms with E-state index in [9.17, 15) is 14.3 Å². The number of carbonyl (C=O) groups is 1. The van der Waals surface area contributed by atoms with Crippen LogP contribution < -0.4 is 10.6 Å². The van der Waals surface area contributed by atoms with Gasteiger partial charge in [-0.05, 0) is 33.8 Å². The molecule has 0 radical (unpaired) electrons. The van der Waals surface area contributed by atoms with Gasteiger partial charge in [-0.15, -0.1) is 12.4 Å². The number of rotatable bonds is 7. The van der Waals surface area contributed by atoms with Crippen LogP contribution in [-0.4, -0.2) is 55.1 Å². The Bertz CT molecular complexity index is 1150. The first-order valence-corrected chi connectivity index (χ1v) is 9.75. The molecule has 3 heterocycles. The largest absolute Gasteiger partial charge is 0.387 e. The van der Waals surface area contributed by atoms with Crippen LogP contribution in [0.5, 0.6) is 0 Å². The molecule has 3 rings (SSSR count). The number of anilines is 1. The molecular weight excluding hydrogens is 437 g/mol. The zero-order chi connectivity index (χ0) is 22.8. The van der Waals surface area contributed by atoms with E-state index in [1.54, 1.807) is 18.3 Å². The first-order valence-electron chi connectivity index (χ1n) is 9.75. The third-order valence-electron chi connectivity index (χ3n) is 4.54. The Hall–Kier alpha value is -3.29. The molecule has 0 bridgehead atoms. The maximum absolute atomic E-state index is 14.0. The maximum Gasteiger partial charge on any atom is 0.255 e. The molecule has 0 aliphatic carbocycles. The summed E-state index contributed by atoms with van der Waals surface area (Å²) < 4.78 is 15.5. The molecule has 0 saturated carbocycles. The molecule has 3 aromatic heterocycles. The molecule has 9 nitrogen and oxygen atoms in total. The summed E-state index contributed by atoms with van der Waals surface area (Å²) in [5.74, 6) is -0.0945. The molecule has 0 aliphatic rings. The van der Waals surface area contributed by atoms with Crippen molar-refractivity contribution in [3.8, 4) is 11.9 Å². The Kier molecular flexibility index (Phi) is 7.72.